The average molecular weight is 321 g/mol. The Balaban J connectivity index is 1.63. The monoisotopic (exact) mass is 321 g/mol. The molecule has 0 N–H and O–H groups in total. The number of amides is 1. The number of carbonyl (C=O) groups is 1. The van der Waals surface area contributed by atoms with Crippen LogP contribution in [0.3, 0.4) is 0 Å². The highest BCUT2D eigenvalue weighted by molar-refractivity contribution is 7.91. The second kappa shape index (κ2) is 5.72. The lowest BCUT2D eigenvalue weighted by molar-refractivity contribution is -0.131. The minimum Gasteiger partial charge on any atom is -0.342 e. The lowest BCUT2D eigenvalue weighted by Crippen LogP contribution is -2.38. The van der Waals surface area contributed by atoms with Gasteiger partial charge < -0.3 is 9.47 Å². The largest absolute Gasteiger partial charge is 0.342 e. The van der Waals surface area contributed by atoms with Crippen molar-refractivity contribution in [1.29, 1.82) is 0 Å². The number of fused-ring (bicyclic) bond motifs is 1. The molecular weight excluding hydrogens is 302 g/mol. The predicted octanol–water partition coefficient (Wildman–Crippen LogP) is 1.07. The molecule has 1 aliphatic heterocycles. The van der Waals surface area contributed by atoms with Crippen LogP contribution in [0.5, 0.6) is 0 Å². The molecule has 2 heterocycles. The summed E-state index contributed by atoms with van der Waals surface area (Å²) < 4.78 is 25.0. The van der Waals surface area contributed by atoms with E-state index in [-0.39, 0.29) is 23.5 Å². The molecule has 1 amide bonds. The number of hydrogen-bond acceptors (Lipinski definition) is 4. The molecule has 1 aromatic heterocycles. The molecule has 0 spiro atoms. The van der Waals surface area contributed by atoms with E-state index in [2.05, 4.69) is 4.98 Å². The molecule has 0 aliphatic carbocycles. The number of para-hydroxylation sites is 2. The fourth-order valence-electron chi connectivity index (χ4n) is 2.87. The molecular formula is C15H19N3O3S. The van der Waals surface area contributed by atoms with Crippen LogP contribution >= 0.6 is 0 Å². The molecule has 6 nitrogen and oxygen atoms in total. The number of carbonyl (C=O) groups excluding carboxylic acids is 1. The molecule has 0 radical (unpaired) electrons. The van der Waals surface area contributed by atoms with E-state index in [4.69, 9.17) is 0 Å². The Labute approximate surface area is 129 Å². The Kier molecular flexibility index (Phi) is 3.90. The number of imidazole rings is 1. The smallest absolute Gasteiger partial charge is 0.224 e. The maximum atomic E-state index is 12.3. The zero-order chi connectivity index (χ0) is 15.7. The van der Waals surface area contributed by atoms with Gasteiger partial charge >= 0.3 is 0 Å². The van der Waals surface area contributed by atoms with Gasteiger partial charge in [-0.1, -0.05) is 12.1 Å². The number of sulfone groups is 1. The number of aryl methyl sites for hydroxylation is 1. The topological polar surface area (TPSA) is 72.3 Å². The highest BCUT2D eigenvalue weighted by atomic mass is 32.2. The lowest BCUT2D eigenvalue weighted by Gasteiger charge is -2.23. The van der Waals surface area contributed by atoms with Crippen molar-refractivity contribution in [3.05, 3.63) is 30.6 Å². The number of rotatable bonds is 4. The first-order valence-electron chi connectivity index (χ1n) is 7.32. The maximum Gasteiger partial charge on any atom is 0.224 e. The van der Waals surface area contributed by atoms with Crippen LogP contribution in [-0.2, 0) is 21.2 Å². The van der Waals surface area contributed by atoms with Crippen LogP contribution in [0.1, 0.15) is 12.8 Å². The summed E-state index contributed by atoms with van der Waals surface area (Å²) >= 11 is 0. The van der Waals surface area contributed by atoms with Gasteiger partial charge in [0.05, 0.1) is 28.9 Å². The fraction of sp³-hybridized carbons (Fsp3) is 0.467. The van der Waals surface area contributed by atoms with Crippen molar-refractivity contribution >= 4 is 26.8 Å². The quantitative estimate of drug-likeness (QED) is 0.844. The summed E-state index contributed by atoms with van der Waals surface area (Å²) in [5.74, 6) is 0.241. The van der Waals surface area contributed by atoms with Gasteiger partial charge in [-0.3, -0.25) is 4.79 Å². The van der Waals surface area contributed by atoms with Gasteiger partial charge in [-0.05, 0) is 18.6 Å². The molecule has 2 aromatic rings. The average Bonchev–Trinajstić information content (AvgIpc) is 3.07. The van der Waals surface area contributed by atoms with E-state index >= 15 is 0 Å². The van der Waals surface area contributed by atoms with Crippen molar-refractivity contribution in [2.45, 2.75) is 25.4 Å². The molecule has 22 heavy (non-hydrogen) atoms. The summed E-state index contributed by atoms with van der Waals surface area (Å²) in [7, 11) is -1.28. The standard InChI is InChI=1S/C15H19N3O3S/c1-17(12-7-9-22(20,21)10-12)15(19)6-8-18-11-16-13-4-2-3-5-14(13)18/h2-5,11-12H,6-10H2,1H3/t12-/m0/s1. The number of nitrogens with zero attached hydrogens (tertiary/aromatic N) is 3. The third kappa shape index (κ3) is 2.99. The van der Waals surface area contributed by atoms with Crippen LogP contribution < -0.4 is 0 Å². The van der Waals surface area contributed by atoms with E-state index in [1.807, 2.05) is 28.8 Å². The van der Waals surface area contributed by atoms with Crippen LogP contribution in [-0.4, -0.2) is 53.4 Å². The van der Waals surface area contributed by atoms with Gasteiger partial charge in [0.25, 0.3) is 0 Å². The summed E-state index contributed by atoms with van der Waals surface area (Å²) in [5, 5.41) is 0. The van der Waals surface area contributed by atoms with Gasteiger partial charge in [0.1, 0.15) is 0 Å². The number of aromatic nitrogens is 2. The molecule has 1 atom stereocenters. The predicted molar refractivity (Wildman–Crippen MR) is 84.2 cm³/mol. The van der Waals surface area contributed by atoms with Crippen LogP contribution in [0.4, 0.5) is 0 Å². The summed E-state index contributed by atoms with van der Waals surface area (Å²) in [6.07, 6.45) is 2.62. The van der Waals surface area contributed by atoms with Crippen LogP contribution in [0.25, 0.3) is 11.0 Å². The fourth-order valence-corrected chi connectivity index (χ4v) is 4.64. The molecule has 118 valence electrons. The van der Waals surface area contributed by atoms with Crippen molar-refractivity contribution in [2.24, 2.45) is 0 Å². The van der Waals surface area contributed by atoms with Crippen molar-refractivity contribution in [1.82, 2.24) is 14.5 Å². The van der Waals surface area contributed by atoms with Gasteiger partial charge in [0, 0.05) is 26.1 Å². The first-order chi connectivity index (χ1) is 10.5. The zero-order valence-electron chi connectivity index (χ0n) is 12.5. The molecule has 1 saturated heterocycles. The molecule has 1 aliphatic rings. The van der Waals surface area contributed by atoms with Gasteiger partial charge in [-0.15, -0.1) is 0 Å². The summed E-state index contributed by atoms with van der Waals surface area (Å²) in [6.45, 7) is 0.545. The lowest BCUT2D eigenvalue weighted by atomic mass is 10.2. The molecule has 1 fully saturated rings. The van der Waals surface area contributed by atoms with Crippen LogP contribution in [0.15, 0.2) is 30.6 Å². The van der Waals surface area contributed by atoms with E-state index in [9.17, 15) is 13.2 Å². The van der Waals surface area contributed by atoms with Crippen molar-refractivity contribution in [2.75, 3.05) is 18.6 Å². The van der Waals surface area contributed by atoms with Gasteiger partial charge in [-0.25, -0.2) is 13.4 Å². The Morgan fingerprint density at radius 2 is 2.18 bits per heavy atom. The van der Waals surface area contributed by atoms with Crippen LogP contribution in [0, 0.1) is 0 Å². The minimum atomic E-state index is -2.97. The first-order valence-corrected chi connectivity index (χ1v) is 9.14. The normalized spacial score (nSPS) is 20.3. The van der Waals surface area contributed by atoms with Crippen molar-refractivity contribution in [3.8, 4) is 0 Å². The summed E-state index contributed by atoms with van der Waals surface area (Å²) in [4.78, 5) is 18.2. The van der Waals surface area contributed by atoms with Crippen molar-refractivity contribution in [3.63, 3.8) is 0 Å². The molecule has 0 bridgehead atoms. The summed E-state index contributed by atoms with van der Waals surface area (Å²) in [5.41, 5.74) is 1.91. The number of hydrogen-bond donors (Lipinski definition) is 0. The molecule has 7 heteroatoms. The van der Waals surface area contributed by atoms with E-state index < -0.39 is 9.84 Å². The zero-order valence-corrected chi connectivity index (χ0v) is 13.3. The van der Waals surface area contributed by atoms with Gasteiger partial charge in [0.2, 0.25) is 5.91 Å². The highest BCUT2D eigenvalue weighted by Crippen LogP contribution is 2.18. The first kappa shape index (κ1) is 15.0. The third-order valence-electron chi connectivity index (χ3n) is 4.24. The van der Waals surface area contributed by atoms with Crippen molar-refractivity contribution < 1.29 is 13.2 Å². The SMILES string of the molecule is CN(C(=O)CCn1cnc2ccccc21)[C@H]1CCS(=O)(=O)C1. The second-order valence-corrected chi connectivity index (χ2v) is 7.97. The maximum absolute atomic E-state index is 12.3. The molecule has 0 unspecified atom stereocenters. The second-order valence-electron chi connectivity index (χ2n) is 5.74. The molecule has 1 aromatic carbocycles. The minimum absolute atomic E-state index is 0.0279. The van der Waals surface area contributed by atoms with E-state index in [0.29, 0.717) is 19.4 Å². The Hall–Kier alpha value is -1.89. The Morgan fingerprint density at radius 1 is 1.41 bits per heavy atom. The van der Waals surface area contributed by atoms with Gasteiger partial charge in [-0.2, -0.15) is 0 Å². The third-order valence-corrected chi connectivity index (χ3v) is 5.99. The van der Waals surface area contributed by atoms with Crippen LogP contribution in [0.2, 0.25) is 0 Å². The Morgan fingerprint density at radius 3 is 2.91 bits per heavy atom. The molecule has 3 rings (SSSR count). The van der Waals surface area contributed by atoms with E-state index in [1.165, 1.54) is 0 Å². The molecule has 0 saturated carbocycles. The van der Waals surface area contributed by atoms with E-state index in [1.54, 1.807) is 18.3 Å². The van der Waals surface area contributed by atoms with E-state index in [0.717, 1.165) is 11.0 Å². The Bertz CT molecular complexity index is 797. The van der Waals surface area contributed by atoms with Gasteiger partial charge in [0.15, 0.2) is 9.84 Å². The number of benzene rings is 1. The summed E-state index contributed by atoms with van der Waals surface area (Å²) in [6, 6.07) is 7.59. The highest BCUT2D eigenvalue weighted by Gasteiger charge is 2.32.